The van der Waals surface area contributed by atoms with Crippen LogP contribution in [0, 0.1) is 6.92 Å². The highest BCUT2D eigenvalue weighted by Crippen LogP contribution is 2.18. The maximum atomic E-state index is 11.8. The molecule has 0 N–H and O–H groups in total. The highest BCUT2D eigenvalue weighted by Gasteiger charge is 2.05. The maximum absolute atomic E-state index is 11.8. The minimum absolute atomic E-state index is 0.114. The summed E-state index contributed by atoms with van der Waals surface area (Å²) in [5.41, 5.74) is 1.88. The molecule has 2 rings (SSSR count). The Hall–Kier alpha value is -1.13. The van der Waals surface area contributed by atoms with Gasteiger partial charge in [-0.15, -0.1) is 0 Å². The van der Waals surface area contributed by atoms with Crippen molar-refractivity contribution < 1.29 is 0 Å². The lowest BCUT2D eigenvalue weighted by atomic mass is 10.1. The zero-order valence-electron chi connectivity index (χ0n) is 9.15. The van der Waals surface area contributed by atoms with E-state index in [2.05, 4.69) is 20.9 Å². The van der Waals surface area contributed by atoms with Crippen LogP contribution in [-0.2, 0) is 6.54 Å². The third kappa shape index (κ3) is 2.76. The van der Waals surface area contributed by atoms with Crippen LogP contribution in [-0.4, -0.2) is 9.55 Å². The number of nitrogens with zero attached hydrogens (tertiary/aromatic N) is 2. The lowest BCUT2D eigenvalue weighted by molar-refractivity contribution is 0.731. The number of hydrogen-bond acceptors (Lipinski definition) is 2. The lowest BCUT2D eigenvalue weighted by Crippen LogP contribution is -2.21. The average molecular weight is 314 g/mol. The first-order chi connectivity index (χ1) is 8.08. The van der Waals surface area contributed by atoms with Gasteiger partial charge in [0, 0.05) is 11.2 Å². The second-order valence-electron chi connectivity index (χ2n) is 3.77. The van der Waals surface area contributed by atoms with E-state index in [1.165, 1.54) is 17.1 Å². The topological polar surface area (TPSA) is 34.9 Å². The molecule has 2 aromatic rings. The van der Waals surface area contributed by atoms with Crippen LogP contribution in [0.25, 0.3) is 0 Å². The molecular weight excluding hydrogens is 304 g/mol. The largest absolute Gasteiger partial charge is 0.294 e. The molecule has 1 heterocycles. The predicted molar refractivity (Wildman–Crippen MR) is 71.5 cm³/mol. The minimum Gasteiger partial charge on any atom is -0.294 e. The first-order valence-electron chi connectivity index (χ1n) is 5.03. The Labute approximate surface area is 112 Å². The number of halogens is 2. The molecular formula is C12H10BrClN2O. The first kappa shape index (κ1) is 12.3. The Morgan fingerprint density at radius 3 is 2.94 bits per heavy atom. The molecule has 5 heteroatoms. The van der Waals surface area contributed by atoms with Crippen molar-refractivity contribution in [1.29, 1.82) is 0 Å². The van der Waals surface area contributed by atoms with E-state index in [-0.39, 0.29) is 5.56 Å². The van der Waals surface area contributed by atoms with Gasteiger partial charge in [0.2, 0.25) is 0 Å². The van der Waals surface area contributed by atoms with Crippen molar-refractivity contribution in [3.8, 4) is 0 Å². The second-order valence-corrected chi connectivity index (χ2v) is 5.03. The monoisotopic (exact) mass is 312 g/mol. The molecule has 88 valence electrons. The Morgan fingerprint density at radius 2 is 2.24 bits per heavy atom. The summed E-state index contributed by atoms with van der Waals surface area (Å²) in [4.78, 5) is 15.7. The van der Waals surface area contributed by atoms with E-state index < -0.39 is 0 Å². The summed E-state index contributed by atoms with van der Waals surface area (Å²) in [7, 11) is 0. The number of aromatic nitrogens is 2. The molecule has 0 radical (unpaired) electrons. The standard InChI is InChI=1S/C12H10BrClN2O/c1-8-2-3-9(11(14)4-8)6-16-7-15-5-10(13)12(16)17/h2-5,7H,6H2,1H3. The zero-order chi connectivity index (χ0) is 12.4. The normalized spacial score (nSPS) is 10.5. The summed E-state index contributed by atoms with van der Waals surface area (Å²) in [6, 6.07) is 5.77. The van der Waals surface area contributed by atoms with Crippen molar-refractivity contribution in [2.24, 2.45) is 0 Å². The van der Waals surface area contributed by atoms with Crippen LogP contribution in [0.1, 0.15) is 11.1 Å². The summed E-state index contributed by atoms with van der Waals surface area (Å²) in [6.07, 6.45) is 2.98. The molecule has 0 atom stereocenters. The SMILES string of the molecule is Cc1ccc(Cn2cncc(Br)c2=O)c(Cl)c1. The molecule has 0 saturated carbocycles. The van der Waals surface area contributed by atoms with E-state index in [0.29, 0.717) is 16.0 Å². The van der Waals surface area contributed by atoms with Crippen molar-refractivity contribution in [3.63, 3.8) is 0 Å². The number of aryl methyl sites for hydroxylation is 1. The predicted octanol–water partition coefficient (Wildman–Crippen LogP) is 3.02. The molecule has 0 aliphatic carbocycles. The average Bonchev–Trinajstić information content (AvgIpc) is 2.28. The molecule has 1 aromatic carbocycles. The molecule has 0 bridgehead atoms. The molecule has 0 aliphatic rings. The summed E-state index contributed by atoms with van der Waals surface area (Å²) >= 11 is 9.28. The van der Waals surface area contributed by atoms with Crippen LogP contribution in [0.2, 0.25) is 5.02 Å². The van der Waals surface area contributed by atoms with Gasteiger partial charge in [0.25, 0.3) is 5.56 Å². The van der Waals surface area contributed by atoms with Crippen molar-refractivity contribution in [1.82, 2.24) is 9.55 Å². The van der Waals surface area contributed by atoms with Crippen LogP contribution in [0.4, 0.5) is 0 Å². The Balaban J connectivity index is 2.38. The van der Waals surface area contributed by atoms with Crippen LogP contribution in [0.5, 0.6) is 0 Å². The van der Waals surface area contributed by atoms with E-state index in [4.69, 9.17) is 11.6 Å². The summed E-state index contributed by atoms with van der Waals surface area (Å²) in [5.74, 6) is 0. The molecule has 0 spiro atoms. The van der Waals surface area contributed by atoms with Gasteiger partial charge in [0.05, 0.1) is 12.9 Å². The van der Waals surface area contributed by atoms with Gasteiger partial charge in [-0.25, -0.2) is 4.98 Å². The van der Waals surface area contributed by atoms with Crippen LogP contribution in [0.3, 0.4) is 0 Å². The maximum Gasteiger partial charge on any atom is 0.267 e. The fraction of sp³-hybridized carbons (Fsp3) is 0.167. The molecule has 1 aromatic heterocycles. The summed E-state index contributed by atoms with van der Waals surface area (Å²) < 4.78 is 1.96. The first-order valence-corrected chi connectivity index (χ1v) is 6.20. The number of hydrogen-bond donors (Lipinski definition) is 0. The lowest BCUT2D eigenvalue weighted by Gasteiger charge is -2.07. The fourth-order valence-electron chi connectivity index (χ4n) is 1.50. The highest BCUT2D eigenvalue weighted by molar-refractivity contribution is 9.10. The molecule has 0 aliphatic heterocycles. The molecule has 17 heavy (non-hydrogen) atoms. The smallest absolute Gasteiger partial charge is 0.267 e. The van der Waals surface area contributed by atoms with Crippen molar-refractivity contribution in [2.75, 3.05) is 0 Å². The van der Waals surface area contributed by atoms with Gasteiger partial charge in [-0.3, -0.25) is 9.36 Å². The molecule has 3 nitrogen and oxygen atoms in total. The quantitative estimate of drug-likeness (QED) is 0.854. The van der Waals surface area contributed by atoms with Gasteiger partial charge in [-0.2, -0.15) is 0 Å². The summed E-state index contributed by atoms with van der Waals surface area (Å²) in [6.45, 7) is 2.40. The third-order valence-corrected chi connectivity index (χ3v) is 3.30. The van der Waals surface area contributed by atoms with Crippen molar-refractivity contribution in [2.45, 2.75) is 13.5 Å². The van der Waals surface area contributed by atoms with Crippen molar-refractivity contribution >= 4 is 27.5 Å². The van der Waals surface area contributed by atoms with E-state index in [1.54, 1.807) is 0 Å². The summed E-state index contributed by atoms with van der Waals surface area (Å²) in [5, 5.41) is 0.664. The van der Waals surface area contributed by atoms with Crippen LogP contribution >= 0.6 is 27.5 Å². The van der Waals surface area contributed by atoms with Crippen LogP contribution in [0.15, 0.2) is 40.0 Å². The van der Waals surface area contributed by atoms with Gasteiger partial charge >= 0.3 is 0 Å². The van der Waals surface area contributed by atoms with E-state index in [0.717, 1.165) is 11.1 Å². The fourth-order valence-corrected chi connectivity index (χ4v) is 2.14. The number of benzene rings is 1. The number of rotatable bonds is 2. The Morgan fingerprint density at radius 1 is 1.47 bits per heavy atom. The van der Waals surface area contributed by atoms with Crippen molar-refractivity contribution in [3.05, 3.63) is 61.7 Å². The third-order valence-electron chi connectivity index (χ3n) is 2.41. The Kier molecular flexibility index (Phi) is 3.64. The Bertz CT molecular complexity index is 610. The highest BCUT2D eigenvalue weighted by atomic mass is 79.9. The van der Waals surface area contributed by atoms with Gasteiger partial charge in [0.1, 0.15) is 4.47 Å². The molecule has 0 saturated heterocycles. The van der Waals surface area contributed by atoms with E-state index >= 15 is 0 Å². The van der Waals surface area contributed by atoms with E-state index in [1.807, 2.05) is 25.1 Å². The van der Waals surface area contributed by atoms with E-state index in [9.17, 15) is 4.79 Å². The molecule has 0 unspecified atom stereocenters. The van der Waals surface area contributed by atoms with Crippen LogP contribution < -0.4 is 5.56 Å². The van der Waals surface area contributed by atoms with Gasteiger partial charge in [0.15, 0.2) is 0 Å². The van der Waals surface area contributed by atoms with Gasteiger partial charge in [-0.1, -0.05) is 23.7 Å². The molecule has 0 amide bonds. The van der Waals surface area contributed by atoms with Gasteiger partial charge in [-0.05, 0) is 40.0 Å². The van der Waals surface area contributed by atoms with Gasteiger partial charge < -0.3 is 0 Å². The molecule has 0 fully saturated rings. The minimum atomic E-state index is -0.114. The second kappa shape index (κ2) is 5.02. The zero-order valence-corrected chi connectivity index (χ0v) is 11.5.